The molecule has 2 aromatic rings. The maximum Gasteiger partial charge on any atom is 0.225 e. The Balaban J connectivity index is 2.11. The molecule has 1 amide bonds. The second kappa shape index (κ2) is 4.87. The number of amides is 1. The molecular weight excluding hydrogens is 332 g/mol. The summed E-state index contributed by atoms with van der Waals surface area (Å²) in [5, 5.41) is 0.984. The molecule has 0 spiro atoms. The van der Waals surface area contributed by atoms with Gasteiger partial charge in [0, 0.05) is 22.9 Å². The average Bonchev–Trinajstić information content (AvgIpc) is 2.82. The van der Waals surface area contributed by atoms with Crippen molar-refractivity contribution in [3.63, 3.8) is 0 Å². The van der Waals surface area contributed by atoms with Gasteiger partial charge in [0.1, 0.15) is 0 Å². The Morgan fingerprint density at radius 3 is 2.90 bits per heavy atom. The molecule has 0 saturated carbocycles. The number of rotatable bonds is 2. The maximum atomic E-state index is 11.6. The van der Waals surface area contributed by atoms with Crippen LogP contribution < -0.4 is 16.4 Å². The number of carbonyl (C=O) groups is 1. The normalized spacial score (nSPS) is 21.9. The van der Waals surface area contributed by atoms with E-state index >= 15 is 0 Å². The third-order valence-electron chi connectivity index (χ3n) is 4.21. The van der Waals surface area contributed by atoms with E-state index in [1.807, 2.05) is 25.1 Å². The number of nitrogens with two attached hydrogens (primary N) is 2. The van der Waals surface area contributed by atoms with Crippen molar-refractivity contribution in [2.75, 3.05) is 23.7 Å². The van der Waals surface area contributed by atoms with Crippen LogP contribution >= 0.6 is 15.9 Å². The summed E-state index contributed by atoms with van der Waals surface area (Å²) in [6.07, 6.45) is 2.41. The van der Waals surface area contributed by atoms with Crippen LogP contribution in [0, 0.1) is 5.41 Å². The van der Waals surface area contributed by atoms with Gasteiger partial charge in [0.2, 0.25) is 5.91 Å². The second-order valence-electron chi connectivity index (χ2n) is 5.82. The molecule has 0 bridgehead atoms. The molecule has 2 heterocycles. The molecule has 1 atom stereocenters. The summed E-state index contributed by atoms with van der Waals surface area (Å²) >= 11 is 3.48. The first-order chi connectivity index (χ1) is 9.90. The molecule has 21 heavy (non-hydrogen) atoms. The SMILES string of the molecule is CC1(C(N)=O)CCN(c2c(N)cnc3ccc(Br)cc23)C1. The number of carbonyl (C=O) groups excluding carboxylic acids is 1. The smallest absolute Gasteiger partial charge is 0.225 e. The third-order valence-corrected chi connectivity index (χ3v) is 4.71. The summed E-state index contributed by atoms with van der Waals surface area (Å²) in [4.78, 5) is 18.1. The molecule has 1 saturated heterocycles. The van der Waals surface area contributed by atoms with Crippen molar-refractivity contribution >= 4 is 44.1 Å². The molecule has 0 radical (unpaired) electrons. The van der Waals surface area contributed by atoms with Crippen molar-refractivity contribution in [1.29, 1.82) is 0 Å². The lowest BCUT2D eigenvalue weighted by atomic mass is 9.89. The van der Waals surface area contributed by atoms with Crippen LogP contribution in [0.2, 0.25) is 0 Å². The number of nitrogens with zero attached hydrogens (tertiary/aromatic N) is 2. The van der Waals surface area contributed by atoms with Gasteiger partial charge >= 0.3 is 0 Å². The highest BCUT2D eigenvalue weighted by atomic mass is 79.9. The van der Waals surface area contributed by atoms with E-state index in [-0.39, 0.29) is 5.91 Å². The third kappa shape index (κ3) is 2.33. The lowest BCUT2D eigenvalue weighted by molar-refractivity contribution is -0.125. The predicted octanol–water partition coefficient (Wildman–Crippen LogP) is 2.28. The lowest BCUT2D eigenvalue weighted by Crippen LogP contribution is -2.37. The molecule has 4 N–H and O–H groups in total. The van der Waals surface area contributed by atoms with E-state index in [0.29, 0.717) is 12.2 Å². The highest BCUT2D eigenvalue weighted by Gasteiger charge is 2.39. The number of anilines is 2. The van der Waals surface area contributed by atoms with E-state index in [2.05, 4.69) is 25.8 Å². The summed E-state index contributed by atoms with van der Waals surface area (Å²) < 4.78 is 0.973. The van der Waals surface area contributed by atoms with Crippen molar-refractivity contribution < 1.29 is 4.79 Å². The predicted molar refractivity (Wildman–Crippen MR) is 88.0 cm³/mol. The zero-order valence-corrected chi connectivity index (χ0v) is 13.4. The van der Waals surface area contributed by atoms with Gasteiger partial charge in [-0.2, -0.15) is 0 Å². The monoisotopic (exact) mass is 348 g/mol. The molecule has 1 fully saturated rings. The van der Waals surface area contributed by atoms with E-state index in [1.165, 1.54) is 0 Å². The number of hydrogen-bond donors (Lipinski definition) is 2. The Hall–Kier alpha value is -1.82. The molecule has 6 heteroatoms. The number of benzene rings is 1. The lowest BCUT2D eigenvalue weighted by Gasteiger charge is -2.25. The summed E-state index contributed by atoms with van der Waals surface area (Å²) in [5.74, 6) is -0.261. The van der Waals surface area contributed by atoms with Gasteiger partial charge in [-0.25, -0.2) is 0 Å². The van der Waals surface area contributed by atoms with Crippen molar-refractivity contribution in [2.24, 2.45) is 11.1 Å². The zero-order chi connectivity index (χ0) is 15.2. The molecular formula is C15H17BrN4O. The number of primary amides is 1. The summed E-state index contributed by atoms with van der Waals surface area (Å²) in [5.41, 5.74) is 13.6. The molecule has 1 aromatic heterocycles. The van der Waals surface area contributed by atoms with Gasteiger partial charge in [-0.3, -0.25) is 9.78 Å². The van der Waals surface area contributed by atoms with E-state index < -0.39 is 5.41 Å². The molecule has 0 aliphatic carbocycles. The zero-order valence-electron chi connectivity index (χ0n) is 11.8. The minimum absolute atomic E-state index is 0.261. The molecule has 1 unspecified atom stereocenters. The number of fused-ring (bicyclic) bond motifs is 1. The van der Waals surface area contributed by atoms with Crippen LogP contribution in [0.5, 0.6) is 0 Å². The molecule has 1 aromatic carbocycles. The van der Waals surface area contributed by atoms with Crippen LogP contribution in [0.4, 0.5) is 11.4 Å². The van der Waals surface area contributed by atoms with Gasteiger partial charge in [0.05, 0.1) is 28.5 Å². The van der Waals surface area contributed by atoms with Gasteiger partial charge in [-0.05, 0) is 31.5 Å². The van der Waals surface area contributed by atoms with Gasteiger partial charge < -0.3 is 16.4 Å². The number of pyridine rings is 1. The van der Waals surface area contributed by atoms with E-state index in [4.69, 9.17) is 11.5 Å². The fourth-order valence-electron chi connectivity index (χ4n) is 2.87. The summed E-state index contributed by atoms with van der Waals surface area (Å²) in [6, 6.07) is 5.91. The maximum absolute atomic E-state index is 11.6. The van der Waals surface area contributed by atoms with E-state index in [1.54, 1.807) is 6.20 Å². The molecule has 110 valence electrons. The largest absolute Gasteiger partial charge is 0.396 e. The molecule has 5 nitrogen and oxygen atoms in total. The summed E-state index contributed by atoms with van der Waals surface area (Å²) in [6.45, 7) is 3.25. The van der Waals surface area contributed by atoms with Crippen molar-refractivity contribution in [3.8, 4) is 0 Å². The van der Waals surface area contributed by atoms with Gasteiger partial charge in [0.25, 0.3) is 0 Å². The Labute approximate surface area is 131 Å². The molecule has 3 rings (SSSR count). The number of halogens is 1. The minimum atomic E-state index is -0.506. The van der Waals surface area contributed by atoms with Crippen LogP contribution in [0.25, 0.3) is 10.9 Å². The van der Waals surface area contributed by atoms with Crippen LogP contribution in [-0.2, 0) is 4.79 Å². The van der Waals surface area contributed by atoms with Crippen LogP contribution in [-0.4, -0.2) is 24.0 Å². The first-order valence-electron chi connectivity index (χ1n) is 6.79. The van der Waals surface area contributed by atoms with Crippen molar-refractivity contribution in [3.05, 3.63) is 28.9 Å². The Kier molecular flexibility index (Phi) is 3.28. The standard InChI is InChI=1S/C15H17BrN4O/c1-15(14(18)21)4-5-20(8-15)13-10-6-9(16)2-3-12(10)19-7-11(13)17/h2-3,6-7H,4-5,8,17H2,1H3,(H2,18,21). The van der Waals surface area contributed by atoms with Crippen molar-refractivity contribution in [2.45, 2.75) is 13.3 Å². The van der Waals surface area contributed by atoms with Crippen molar-refractivity contribution in [1.82, 2.24) is 4.98 Å². The Morgan fingerprint density at radius 2 is 2.24 bits per heavy atom. The Morgan fingerprint density at radius 1 is 1.48 bits per heavy atom. The van der Waals surface area contributed by atoms with Crippen LogP contribution in [0.3, 0.4) is 0 Å². The fraction of sp³-hybridized carbons (Fsp3) is 0.333. The first-order valence-corrected chi connectivity index (χ1v) is 7.59. The Bertz CT molecular complexity index is 728. The average molecular weight is 349 g/mol. The van der Waals surface area contributed by atoms with Crippen LogP contribution in [0.15, 0.2) is 28.9 Å². The van der Waals surface area contributed by atoms with Gasteiger partial charge in [-0.1, -0.05) is 15.9 Å². The highest BCUT2D eigenvalue weighted by molar-refractivity contribution is 9.10. The van der Waals surface area contributed by atoms with Crippen LogP contribution in [0.1, 0.15) is 13.3 Å². The summed E-state index contributed by atoms with van der Waals surface area (Å²) in [7, 11) is 0. The van der Waals surface area contributed by atoms with E-state index in [0.717, 1.165) is 34.0 Å². The quantitative estimate of drug-likeness (QED) is 0.871. The highest BCUT2D eigenvalue weighted by Crippen LogP contribution is 2.39. The number of nitrogen functional groups attached to an aromatic ring is 1. The molecule has 1 aliphatic rings. The van der Waals surface area contributed by atoms with E-state index in [9.17, 15) is 4.79 Å². The molecule has 1 aliphatic heterocycles. The number of aromatic nitrogens is 1. The fourth-order valence-corrected chi connectivity index (χ4v) is 3.23. The first kappa shape index (κ1) is 14.1. The van der Waals surface area contributed by atoms with Gasteiger partial charge in [-0.15, -0.1) is 0 Å². The second-order valence-corrected chi connectivity index (χ2v) is 6.74. The number of hydrogen-bond acceptors (Lipinski definition) is 4. The topological polar surface area (TPSA) is 85.2 Å². The van der Waals surface area contributed by atoms with Gasteiger partial charge in [0.15, 0.2) is 0 Å². The minimum Gasteiger partial charge on any atom is -0.396 e.